The predicted molar refractivity (Wildman–Crippen MR) is 81.6 cm³/mol. The number of aromatic amines is 1. The summed E-state index contributed by atoms with van der Waals surface area (Å²) >= 11 is 5.83. The standard InChI is InChI=1S/C15H10ClN3O3/c16-11-4-1-9(2-5-11)12-8-18-19(14(12)20)13-6-3-10(7-17-13)15(21)22/h1-8,18H,(H,21,22). The number of aromatic carboxylic acids is 1. The number of nitrogens with one attached hydrogen (secondary N) is 1. The molecule has 0 spiro atoms. The molecule has 0 amide bonds. The molecule has 0 radical (unpaired) electrons. The van der Waals surface area contributed by atoms with E-state index in [0.29, 0.717) is 16.4 Å². The van der Waals surface area contributed by atoms with Gasteiger partial charge < -0.3 is 5.11 Å². The first-order valence-corrected chi connectivity index (χ1v) is 6.70. The second kappa shape index (κ2) is 5.50. The maximum Gasteiger partial charge on any atom is 0.337 e. The Bertz CT molecular complexity index is 880. The number of carboxylic acid groups (broad SMARTS) is 1. The zero-order chi connectivity index (χ0) is 15.7. The highest BCUT2D eigenvalue weighted by Crippen LogP contribution is 2.18. The number of benzene rings is 1. The monoisotopic (exact) mass is 315 g/mol. The van der Waals surface area contributed by atoms with Gasteiger partial charge >= 0.3 is 5.97 Å². The average molecular weight is 316 g/mol. The van der Waals surface area contributed by atoms with Crippen LogP contribution in [0.25, 0.3) is 16.9 Å². The van der Waals surface area contributed by atoms with E-state index in [1.165, 1.54) is 23.0 Å². The summed E-state index contributed by atoms with van der Waals surface area (Å²) in [5.74, 6) is -0.755. The van der Waals surface area contributed by atoms with Crippen LogP contribution in [0.1, 0.15) is 10.4 Å². The maximum absolute atomic E-state index is 12.4. The molecule has 1 aromatic carbocycles. The van der Waals surface area contributed by atoms with Gasteiger partial charge in [0, 0.05) is 17.4 Å². The van der Waals surface area contributed by atoms with Crippen LogP contribution in [-0.2, 0) is 0 Å². The fraction of sp³-hybridized carbons (Fsp3) is 0. The van der Waals surface area contributed by atoms with Crippen LogP contribution < -0.4 is 5.56 Å². The van der Waals surface area contributed by atoms with E-state index >= 15 is 0 Å². The summed E-state index contributed by atoms with van der Waals surface area (Å²) in [6, 6.07) is 9.75. The summed E-state index contributed by atoms with van der Waals surface area (Å²) in [7, 11) is 0. The number of hydrogen-bond acceptors (Lipinski definition) is 3. The van der Waals surface area contributed by atoms with E-state index in [9.17, 15) is 9.59 Å². The van der Waals surface area contributed by atoms with Crippen LogP contribution in [0.3, 0.4) is 0 Å². The molecule has 0 aliphatic heterocycles. The lowest BCUT2D eigenvalue weighted by Crippen LogP contribution is -2.17. The van der Waals surface area contributed by atoms with Crippen LogP contribution in [0.2, 0.25) is 5.02 Å². The molecule has 3 rings (SSSR count). The van der Waals surface area contributed by atoms with Crippen molar-refractivity contribution in [3.63, 3.8) is 0 Å². The third-order valence-corrected chi connectivity index (χ3v) is 3.40. The Kier molecular flexibility index (Phi) is 3.52. The molecule has 3 aromatic rings. The van der Waals surface area contributed by atoms with E-state index < -0.39 is 5.97 Å². The summed E-state index contributed by atoms with van der Waals surface area (Å²) in [5, 5.41) is 12.3. The van der Waals surface area contributed by atoms with Crippen molar-refractivity contribution in [3.8, 4) is 16.9 Å². The van der Waals surface area contributed by atoms with Gasteiger partial charge in [0.05, 0.1) is 11.1 Å². The van der Waals surface area contributed by atoms with E-state index in [1.54, 1.807) is 30.5 Å². The van der Waals surface area contributed by atoms with Crippen LogP contribution in [0.4, 0.5) is 0 Å². The molecule has 2 heterocycles. The Labute approximate surface area is 129 Å². The number of H-pyrrole nitrogens is 1. The zero-order valence-corrected chi connectivity index (χ0v) is 11.9. The normalized spacial score (nSPS) is 10.6. The molecular formula is C15H10ClN3O3. The predicted octanol–water partition coefficient (Wildman–Crippen LogP) is 2.58. The SMILES string of the molecule is O=C(O)c1ccc(-n2[nH]cc(-c3ccc(Cl)cc3)c2=O)nc1. The molecule has 0 aliphatic carbocycles. The maximum atomic E-state index is 12.4. The quantitative estimate of drug-likeness (QED) is 0.777. The molecule has 0 saturated carbocycles. The first-order valence-electron chi connectivity index (χ1n) is 6.32. The number of nitrogens with zero attached hydrogens (tertiary/aromatic N) is 2. The van der Waals surface area contributed by atoms with E-state index in [1.807, 2.05) is 0 Å². The summed E-state index contributed by atoms with van der Waals surface area (Å²) < 4.78 is 1.25. The molecule has 7 heteroatoms. The molecule has 0 saturated heterocycles. The second-order valence-corrected chi connectivity index (χ2v) is 4.98. The number of aromatic nitrogens is 3. The van der Waals surface area contributed by atoms with Gasteiger partial charge in [0.2, 0.25) is 0 Å². The minimum absolute atomic E-state index is 0.0567. The van der Waals surface area contributed by atoms with Crippen LogP contribution in [0, 0.1) is 0 Å². The van der Waals surface area contributed by atoms with Crippen molar-refractivity contribution < 1.29 is 9.90 Å². The number of pyridine rings is 1. The van der Waals surface area contributed by atoms with Crippen molar-refractivity contribution in [1.82, 2.24) is 14.8 Å². The summed E-state index contributed by atoms with van der Waals surface area (Å²) in [5.41, 5.74) is 0.978. The van der Waals surface area contributed by atoms with Gasteiger partial charge in [-0.25, -0.2) is 14.5 Å². The van der Waals surface area contributed by atoms with E-state index in [0.717, 1.165) is 5.56 Å². The van der Waals surface area contributed by atoms with Crippen molar-refractivity contribution in [2.24, 2.45) is 0 Å². The Hall–Kier alpha value is -2.86. The number of rotatable bonds is 3. The second-order valence-electron chi connectivity index (χ2n) is 4.54. The third-order valence-electron chi connectivity index (χ3n) is 3.15. The van der Waals surface area contributed by atoms with Gasteiger partial charge in [-0.05, 0) is 29.8 Å². The lowest BCUT2D eigenvalue weighted by atomic mass is 10.1. The highest BCUT2D eigenvalue weighted by atomic mass is 35.5. The number of carbonyl (C=O) groups is 1. The van der Waals surface area contributed by atoms with Crippen molar-refractivity contribution in [2.45, 2.75) is 0 Å². The fourth-order valence-electron chi connectivity index (χ4n) is 2.02. The van der Waals surface area contributed by atoms with E-state index in [-0.39, 0.29) is 11.1 Å². The minimum atomic E-state index is -1.07. The third kappa shape index (κ3) is 2.51. The van der Waals surface area contributed by atoms with Crippen LogP contribution >= 0.6 is 11.6 Å². The van der Waals surface area contributed by atoms with E-state index in [2.05, 4.69) is 10.1 Å². The van der Waals surface area contributed by atoms with Gasteiger partial charge in [0.15, 0.2) is 5.82 Å². The van der Waals surface area contributed by atoms with Gasteiger partial charge in [-0.1, -0.05) is 23.7 Å². The fourth-order valence-corrected chi connectivity index (χ4v) is 2.15. The zero-order valence-electron chi connectivity index (χ0n) is 11.2. The highest BCUT2D eigenvalue weighted by Gasteiger charge is 2.11. The largest absolute Gasteiger partial charge is 0.478 e. The molecule has 0 bridgehead atoms. The molecule has 0 unspecified atom stereocenters. The Balaban J connectivity index is 2.01. The van der Waals surface area contributed by atoms with Gasteiger partial charge in [-0.3, -0.25) is 9.89 Å². The first kappa shape index (κ1) is 14.1. The molecule has 110 valence electrons. The Morgan fingerprint density at radius 1 is 1.18 bits per heavy atom. The van der Waals surface area contributed by atoms with Gasteiger partial charge in [-0.2, -0.15) is 0 Å². The lowest BCUT2D eigenvalue weighted by Gasteiger charge is -2.00. The smallest absolute Gasteiger partial charge is 0.337 e. The van der Waals surface area contributed by atoms with Crippen molar-refractivity contribution >= 4 is 17.6 Å². The van der Waals surface area contributed by atoms with Gasteiger partial charge in [0.25, 0.3) is 5.56 Å². The molecule has 0 aliphatic rings. The van der Waals surface area contributed by atoms with Gasteiger partial charge in [-0.15, -0.1) is 0 Å². The van der Waals surface area contributed by atoms with Crippen molar-refractivity contribution in [3.05, 3.63) is 69.7 Å². The molecule has 0 fully saturated rings. The Morgan fingerprint density at radius 3 is 2.50 bits per heavy atom. The van der Waals surface area contributed by atoms with Crippen LogP contribution in [-0.4, -0.2) is 25.8 Å². The number of hydrogen-bond donors (Lipinski definition) is 2. The van der Waals surface area contributed by atoms with Crippen molar-refractivity contribution in [1.29, 1.82) is 0 Å². The molecular weight excluding hydrogens is 306 g/mol. The first-order chi connectivity index (χ1) is 10.6. The minimum Gasteiger partial charge on any atom is -0.478 e. The molecule has 6 nitrogen and oxygen atoms in total. The van der Waals surface area contributed by atoms with Gasteiger partial charge in [0.1, 0.15) is 0 Å². The molecule has 0 atom stereocenters. The average Bonchev–Trinajstić information content (AvgIpc) is 2.90. The number of halogens is 1. The summed E-state index contributed by atoms with van der Waals surface area (Å²) in [6.07, 6.45) is 2.77. The van der Waals surface area contributed by atoms with Crippen molar-refractivity contribution in [2.75, 3.05) is 0 Å². The highest BCUT2D eigenvalue weighted by molar-refractivity contribution is 6.30. The van der Waals surface area contributed by atoms with Crippen LogP contribution in [0.15, 0.2) is 53.6 Å². The lowest BCUT2D eigenvalue weighted by molar-refractivity contribution is 0.0696. The summed E-state index contributed by atoms with van der Waals surface area (Å²) in [4.78, 5) is 27.2. The molecule has 2 aromatic heterocycles. The van der Waals surface area contributed by atoms with Crippen LogP contribution in [0.5, 0.6) is 0 Å². The number of carboxylic acids is 1. The molecule has 2 N–H and O–H groups in total. The topological polar surface area (TPSA) is 88.0 Å². The summed E-state index contributed by atoms with van der Waals surface area (Å²) in [6.45, 7) is 0. The van der Waals surface area contributed by atoms with E-state index in [4.69, 9.17) is 16.7 Å². The Morgan fingerprint density at radius 2 is 1.91 bits per heavy atom. The molecule has 22 heavy (non-hydrogen) atoms.